The van der Waals surface area contributed by atoms with Crippen LogP contribution in [0.4, 0.5) is 5.69 Å². The summed E-state index contributed by atoms with van der Waals surface area (Å²) in [4.78, 5) is 28.2. The molecule has 3 aromatic carbocycles. The molecule has 214 valence electrons. The Balaban J connectivity index is 2.11. The number of rotatable bonds is 10. The summed E-state index contributed by atoms with van der Waals surface area (Å²) in [6, 6.07) is 14.2. The van der Waals surface area contributed by atoms with Gasteiger partial charge in [0.15, 0.2) is 0 Å². The average molecular weight is 645 g/mol. The zero-order valence-corrected chi connectivity index (χ0v) is 26.1. The second-order valence-corrected chi connectivity index (χ2v) is 13.0. The van der Waals surface area contributed by atoms with Gasteiger partial charge in [0.25, 0.3) is 10.0 Å². The number of hydrogen-bond donors (Lipinski definition) is 1. The van der Waals surface area contributed by atoms with Crippen LogP contribution in [-0.2, 0) is 26.2 Å². The van der Waals surface area contributed by atoms with Crippen LogP contribution in [0.15, 0.2) is 65.6 Å². The molecule has 0 aromatic heterocycles. The summed E-state index contributed by atoms with van der Waals surface area (Å²) < 4.78 is 28.7. The van der Waals surface area contributed by atoms with Gasteiger partial charge in [-0.3, -0.25) is 13.9 Å². The molecule has 0 aliphatic rings. The Morgan fingerprint density at radius 1 is 0.875 bits per heavy atom. The highest BCUT2D eigenvalue weighted by atomic mass is 35.5. The fourth-order valence-electron chi connectivity index (χ4n) is 3.87. The quantitative estimate of drug-likeness (QED) is 0.265. The van der Waals surface area contributed by atoms with Gasteiger partial charge in [-0.15, -0.1) is 0 Å². The molecule has 3 rings (SSSR count). The number of carbonyl (C=O) groups excluding carboxylic acids is 2. The molecule has 0 aliphatic heterocycles. The van der Waals surface area contributed by atoms with E-state index < -0.39 is 34.4 Å². The number of halogens is 4. The first-order chi connectivity index (χ1) is 18.7. The topological polar surface area (TPSA) is 86.8 Å². The number of anilines is 1. The lowest BCUT2D eigenvalue weighted by atomic mass is 10.1. The van der Waals surface area contributed by atoms with Crippen LogP contribution in [0, 0.1) is 6.92 Å². The second-order valence-electron chi connectivity index (χ2n) is 9.48. The van der Waals surface area contributed by atoms with Gasteiger partial charge in [0.2, 0.25) is 11.8 Å². The van der Waals surface area contributed by atoms with Gasteiger partial charge in [-0.25, -0.2) is 8.42 Å². The summed E-state index contributed by atoms with van der Waals surface area (Å²) >= 11 is 25.4. The molecule has 12 heteroatoms. The van der Waals surface area contributed by atoms with E-state index in [1.807, 2.05) is 6.92 Å². The van der Waals surface area contributed by atoms with E-state index in [0.29, 0.717) is 15.6 Å². The van der Waals surface area contributed by atoms with Crippen LogP contribution in [0.5, 0.6) is 0 Å². The third kappa shape index (κ3) is 7.62. The van der Waals surface area contributed by atoms with Crippen molar-refractivity contribution in [3.05, 3.63) is 91.9 Å². The minimum absolute atomic E-state index is 0.0121. The predicted octanol–water partition coefficient (Wildman–Crippen LogP) is 6.75. The van der Waals surface area contributed by atoms with Crippen molar-refractivity contribution in [2.45, 2.75) is 51.2 Å². The number of amides is 2. The molecule has 0 aliphatic carbocycles. The lowest BCUT2D eigenvalue weighted by Crippen LogP contribution is -2.52. The Kier molecular flexibility index (Phi) is 10.8. The Morgan fingerprint density at radius 3 is 2.05 bits per heavy atom. The van der Waals surface area contributed by atoms with E-state index in [1.54, 1.807) is 51.1 Å². The smallest absolute Gasteiger partial charge is 0.264 e. The number of nitrogens with one attached hydrogen (secondary N) is 1. The molecule has 7 nitrogen and oxygen atoms in total. The van der Waals surface area contributed by atoms with Crippen molar-refractivity contribution >= 4 is 73.9 Å². The molecule has 0 spiro atoms. The number of benzene rings is 3. The maximum absolute atomic E-state index is 14.0. The number of nitrogens with zero attached hydrogens (tertiary/aromatic N) is 2. The van der Waals surface area contributed by atoms with Crippen LogP contribution in [0.2, 0.25) is 20.1 Å². The van der Waals surface area contributed by atoms with E-state index in [1.165, 1.54) is 35.2 Å². The fraction of sp³-hybridized carbons (Fsp3) is 0.286. The van der Waals surface area contributed by atoms with Crippen LogP contribution in [-0.4, -0.2) is 43.8 Å². The molecule has 0 saturated carbocycles. The number of carbonyl (C=O) groups is 2. The van der Waals surface area contributed by atoms with Gasteiger partial charge in [0.1, 0.15) is 12.6 Å². The average Bonchev–Trinajstić information content (AvgIpc) is 2.88. The van der Waals surface area contributed by atoms with Crippen LogP contribution < -0.4 is 9.62 Å². The molecule has 1 atom stereocenters. The highest BCUT2D eigenvalue weighted by molar-refractivity contribution is 7.92. The SMILES string of the molecule is Cc1ccc(S(=O)(=O)N(CC(=O)N(Cc2c(Cl)cccc2Cl)[C@H](C)C(=O)NC(C)C)c2cc(Cl)ccc2Cl)cc1. The van der Waals surface area contributed by atoms with Crippen molar-refractivity contribution in [2.75, 3.05) is 10.8 Å². The van der Waals surface area contributed by atoms with Gasteiger partial charge in [-0.05, 0) is 70.2 Å². The second kappa shape index (κ2) is 13.4. The summed E-state index contributed by atoms with van der Waals surface area (Å²) in [5, 5.41) is 3.67. The van der Waals surface area contributed by atoms with Crippen LogP contribution in [0.1, 0.15) is 31.9 Å². The molecule has 0 fully saturated rings. The standard InChI is InChI=1S/C28H29Cl4N3O4S/c1-17(2)33-28(37)19(4)34(15-22-23(30)6-5-7-24(22)31)27(36)16-35(26-14-20(29)10-13-25(26)32)40(38,39)21-11-8-18(3)9-12-21/h5-14,17,19H,15-16H2,1-4H3,(H,33,37)/t19-/m1/s1. The highest BCUT2D eigenvalue weighted by Crippen LogP contribution is 2.34. The summed E-state index contributed by atoms with van der Waals surface area (Å²) in [6.45, 7) is 6.12. The van der Waals surface area contributed by atoms with E-state index in [9.17, 15) is 18.0 Å². The van der Waals surface area contributed by atoms with Crippen LogP contribution in [0.25, 0.3) is 0 Å². The maximum atomic E-state index is 14.0. The zero-order valence-electron chi connectivity index (χ0n) is 22.3. The van der Waals surface area contributed by atoms with E-state index in [2.05, 4.69) is 5.32 Å². The summed E-state index contributed by atoms with van der Waals surface area (Å²) in [7, 11) is -4.30. The first kappa shape index (κ1) is 32.0. The molecule has 3 aromatic rings. The van der Waals surface area contributed by atoms with Crippen molar-refractivity contribution in [1.82, 2.24) is 10.2 Å². The highest BCUT2D eigenvalue weighted by Gasteiger charge is 2.34. The van der Waals surface area contributed by atoms with Gasteiger partial charge >= 0.3 is 0 Å². The molecule has 0 heterocycles. The van der Waals surface area contributed by atoms with Crippen molar-refractivity contribution < 1.29 is 18.0 Å². The van der Waals surface area contributed by atoms with Gasteiger partial charge < -0.3 is 10.2 Å². The molecule has 40 heavy (non-hydrogen) atoms. The molecule has 0 radical (unpaired) electrons. The molecular weight excluding hydrogens is 616 g/mol. The Hall–Kier alpha value is -2.49. The molecule has 0 saturated heterocycles. The van der Waals surface area contributed by atoms with Crippen molar-refractivity contribution in [3.8, 4) is 0 Å². The van der Waals surface area contributed by atoms with E-state index in [4.69, 9.17) is 46.4 Å². The largest absolute Gasteiger partial charge is 0.352 e. The fourth-order valence-corrected chi connectivity index (χ4v) is 6.25. The number of aryl methyl sites for hydroxylation is 1. The van der Waals surface area contributed by atoms with E-state index in [0.717, 1.165) is 9.87 Å². The van der Waals surface area contributed by atoms with E-state index >= 15 is 0 Å². The Morgan fingerprint density at radius 2 is 1.48 bits per heavy atom. The van der Waals surface area contributed by atoms with Crippen LogP contribution in [0.3, 0.4) is 0 Å². The molecule has 2 amide bonds. The first-order valence-corrected chi connectivity index (χ1v) is 15.2. The summed E-state index contributed by atoms with van der Waals surface area (Å²) in [5.74, 6) is -1.12. The number of sulfonamides is 1. The normalized spacial score (nSPS) is 12.2. The lowest BCUT2D eigenvalue weighted by Gasteiger charge is -2.33. The third-order valence-electron chi connectivity index (χ3n) is 6.05. The summed E-state index contributed by atoms with van der Waals surface area (Å²) in [6.07, 6.45) is 0. The number of hydrogen-bond acceptors (Lipinski definition) is 4. The van der Waals surface area contributed by atoms with Crippen molar-refractivity contribution in [3.63, 3.8) is 0 Å². The van der Waals surface area contributed by atoms with E-state index in [-0.39, 0.29) is 33.2 Å². The first-order valence-electron chi connectivity index (χ1n) is 12.3. The Labute approximate surface area is 255 Å². The minimum atomic E-state index is -4.30. The monoisotopic (exact) mass is 643 g/mol. The molecular formula is C28H29Cl4N3O4S. The summed E-state index contributed by atoms with van der Waals surface area (Å²) in [5.41, 5.74) is 1.28. The Bertz CT molecular complexity index is 1480. The lowest BCUT2D eigenvalue weighted by molar-refractivity contribution is -0.139. The maximum Gasteiger partial charge on any atom is 0.264 e. The van der Waals surface area contributed by atoms with Gasteiger partial charge in [-0.1, -0.05) is 70.2 Å². The molecule has 0 bridgehead atoms. The molecule has 1 N–H and O–H groups in total. The van der Waals surface area contributed by atoms with Gasteiger partial charge in [0.05, 0.1) is 15.6 Å². The predicted molar refractivity (Wildman–Crippen MR) is 162 cm³/mol. The zero-order chi connectivity index (χ0) is 29.8. The van der Waals surface area contributed by atoms with Crippen molar-refractivity contribution in [2.24, 2.45) is 0 Å². The van der Waals surface area contributed by atoms with Crippen LogP contribution >= 0.6 is 46.4 Å². The minimum Gasteiger partial charge on any atom is -0.352 e. The van der Waals surface area contributed by atoms with Crippen molar-refractivity contribution in [1.29, 1.82) is 0 Å². The third-order valence-corrected chi connectivity index (χ3v) is 9.09. The van der Waals surface area contributed by atoms with Gasteiger partial charge in [0, 0.05) is 33.2 Å². The van der Waals surface area contributed by atoms with Gasteiger partial charge in [-0.2, -0.15) is 0 Å². The molecule has 0 unspecified atom stereocenters.